The molecule has 0 spiro atoms. The molecule has 0 saturated heterocycles. The second kappa shape index (κ2) is 7.61. The van der Waals surface area contributed by atoms with E-state index in [1.165, 1.54) is 60.4 Å². The fourth-order valence-electron chi connectivity index (χ4n) is 5.84. The third-order valence-electron chi connectivity index (χ3n) is 7.25. The predicted octanol–water partition coefficient (Wildman–Crippen LogP) is 9.14. The van der Waals surface area contributed by atoms with E-state index in [0.29, 0.717) is 6.04 Å². The van der Waals surface area contributed by atoms with Crippen molar-refractivity contribution >= 4 is 43.6 Å². The first-order chi connectivity index (χ1) is 17.2. The number of para-hydroxylation sites is 3. The quantitative estimate of drug-likeness (QED) is 0.254. The summed E-state index contributed by atoms with van der Waals surface area (Å²) in [6, 6.07) is 42.3. The number of hydrogen-bond donors (Lipinski definition) is 0. The number of rotatable bonds is 3. The fourth-order valence-corrected chi connectivity index (χ4v) is 5.84. The van der Waals surface area contributed by atoms with Crippen LogP contribution >= 0.6 is 0 Å². The molecule has 35 heavy (non-hydrogen) atoms. The molecule has 0 radical (unpaired) electrons. The Balaban J connectivity index is 1.57. The SMILES string of the molecule is CC(C)n1c2ccccc2c2cc(-c3cccc4c3c3ccccc3n4-c3ccccc3)ccc21. The van der Waals surface area contributed by atoms with Gasteiger partial charge >= 0.3 is 0 Å². The molecular weight excluding hydrogens is 424 g/mol. The number of fused-ring (bicyclic) bond motifs is 6. The van der Waals surface area contributed by atoms with Gasteiger partial charge in [0.05, 0.1) is 11.0 Å². The van der Waals surface area contributed by atoms with Crippen molar-refractivity contribution in [1.82, 2.24) is 9.13 Å². The number of nitrogens with zero attached hydrogens (tertiary/aromatic N) is 2. The molecule has 0 amide bonds. The van der Waals surface area contributed by atoms with E-state index in [1.54, 1.807) is 0 Å². The Morgan fingerprint density at radius 2 is 1.17 bits per heavy atom. The van der Waals surface area contributed by atoms with E-state index in [4.69, 9.17) is 0 Å². The largest absolute Gasteiger partial charge is 0.338 e. The molecule has 5 aromatic carbocycles. The highest BCUT2D eigenvalue weighted by atomic mass is 15.0. The molecular formula is C33H26N2. The first kappa shape index (κ1) is 20.1. The van der Waals surface area contributed by atoms with Gasteiger partial charge in [0, 0.05) is 44.3 Å². The molecule has 0 bridgehead atoms. The molecule has 0 aliphatic rings. The van der Waals surface area contributed by atoms with Gasteiger partial charge in [-0.3, -0.25) is 0 Å². The highest BCUT2D eigenvalue weighted by Gasteiger charge is 2.17. The maximum absolute atomic E-state index is 2.45. The van der Waals surface area contributed by atoms with Gasteiger partial charge in [0.2, 0.25) is 0 Å². The smallest absolute Gasteiger partial charge is 0.0547 e. The Bertz CT molecular complexity index is 1870. The zero-order valence-corrected chi connectivity index (χ0v) is 19.9. The molecule has 0 aliphatic heterocycles. The molecule has 0 N–H and O–H groups in total. The summed E-state index contributed by atoms with van der Waals surface area (Å²) in [7, 11) is 0. The van der Waals surface area contributed by atoms with Gasteiger partial charge in [0.15, 0.2) is 0 Å². The summed E-state index contributed by atoms with van der Waals surface area (Å²) in [5.41, 5.74) is 8.78. The first-order valence-corrected chi connectivity index (χ1v) is 12.3. The summed E-state index contributed by atoms with van der Waals surface area (Å²) in [5, 5.41) is 5.22. The van der Waals surface area contributed by atoms with Crippen molar-refractivity contribution in [2.45, 2.75) is 19.9 Å². The summed E-state index contributed by atoms with van der Waals surface area (Å²) in [6.45, 7) is 4.53. The average Bonchev–Trinajstić information content (AvgIpc) is 3.42. The monoisotopic (exact) mass is 450 g/mol. The van der Waals surface area contributed by atoms with E-state index >= 15 is 0 Å². The van der Waals surface area contributed by atoms with E-state index in [9.17, 15) is 0 Å². The van der Waals surface area contributed by atoms with Crippen molar-refractivity contribution in [2.24, 2.45) is 0 Å². The van der Waals surface area contributed by atoms with Crippen LogP contribution in [0.3, 0.4) is 0 Å². The Morgan fingerprint density at radius 3 is 1.97 bits per heavy atom. The lowest BCUT2D eigenvalue weighted by Gasteiger charge is -2.12. The van der Waals surface area contributed by atoms with Crippen LogP contribution in [0.2, 0.25) is 0 Å². The van der Waals surface area contributed by atoms with E-state index in [2.05, 4.69) is 138 Å². The Morgan fingerprint density at radius 1 is 0.514 bits per heavy atom. The molecule has 7 rings (SSSR count). The summed E-state index contributed by atoms with van der Waals surface area (Å²) in [4.78, 5) is 0. The van der Waals surface area contributed by atoms with Crippen LogP contribution < -0.4 is 0 Å². The molecule has 0 atom stereocenters. The molecule has 0 aliphatic carbocycles. The van der Waals surface area contributed by atoms with Crippen LogP contribution in [0.4, 0.5) is 0 Å². The Kier molecular flexibility index (Phi) is 4.37. The third-order valence-corrected chi connectivity index (χ3v) is 7.25. The van der Waals surface area contributed by atoms with E-state index < -0.39 is 0 Å². The van der Waals surface area contributed by atoms with Crippen molar-refractivity contribution in [2.75, 3.05) is 0 Å². The van der Waals surface area contributed by atoms with Crippen LogP contribution in [-0.4, -0.2) is 9.13 Å². The van der Waals surface area contributed by atoms with E-state index in [0.717, 1.165) is 0 Å². The maximum Gasteiger partial charge on any atom is 0.0547 e. The van der Waals surface area contributed by atoms with Crippen LogP contribution in [0.15, 0.2) is 115 Å². The van der Waals surface area contributed by atoms with Gasteiger partial charge in [-0.15, -0.1) is 0 Å². The first-order valence-electron chi connectivity index (χ1n) is 12.3. The van der Waals surface area contributed by atoms with Crippen molar-refractivity contribution < 1.29 is 0 Å². The molecule has 7 aromatic rings. The van der Waals surface area contributed by atoms with Crippen molar-refractivity contribution in [3.05, 3.63) is 115 Å². The van der Waals surface area contributed by atoms with Crippen molar-refractivity contribution in [3.63, 3.8) is 0 Å². The summed E-state index contributed by atoms with van der Waals surface area (Å²) in [6.07, 6.45) is 0. The minimum Gasteiger partial charge on any atom is -0.338 e. The van der Waals surface area contributed by atoms with Gasteiger partial charge in [-0.1, -0.05) is 72.8 Å². The van der Waals surface area contributed by atoms with Crippen molar-refractivity contribution in [3.8, 4) is 16.8 Å². The summed E-state index contributed by atoms with van der Waals surface area (Å²) >= 11 is 0. The van der Waals surface area contributed by atoms with Crippen LogP contribution in [0, 0.1) is 0 Å². The summed E-state index contributed by atoms with van der Waals surface area (Å²) in [5.74, 6) is 0. The van der Waals surface area contributed by atoms with Gasteiger partial charge < -0.3 is 9.13 Å². The lowest BCUT2D eigenvalue weighted by Crippen LogP contribution is -1.99. The molecule has 0 saturated carbocycles. The van der Waals surface area contributed by atoms with Gasteiger partial charge in [-0.25, -0.2) is 0 Å². The Hall–Kier alpha value is -4.30. The minimum absolute atomic E-state index is 0.399. The van der Waals surface area contributed by atoms with E-state index in [1.807, 2.05) is 0 Å². The summed E-state index contributed by atoms with van der Waals surface area (Å²) < 4.78 is 4.84. The maximum atomic E-state index is 2.45. The zero-order chi connectivity index (χ0) is 23.5. The van der Waals surface area contributed by atoms with E-state index in [-0.39, 0.29) is 0 Å². The molecule has 2 heterocycles. The van der Waals surface area contributed by atoms with Gasteiger partial charge in [0.1, 0.15) is 0 Å². The molecule has 2 heteroatoms. The fraction of sp³-hybridized carbons (Fsp3) is 0.0909. The van der Waals surface area contributed by atoms with Crippen LogP contribution in [0.1, 0.15) is 19.9 Å². The molecule has 0 fully saturated rings. The van der Waals surface area contributed by atoms with Crippen LogP contribution in [0.5, 0.6) is 0 Å². The number of aromatic nitrogens is 2. The normalized spacial score (nSPS) is 12.0. The second-order valence-corrected chi connectivity index (χ2v) is 9.60. The standard InChI is InChI=1S/C33H26N2/c1-22(2)34-29-16-8-6-13-26(29)28-21-23(19-20-31(28)34)25-15-10-18-32-33(25)27-14-7-9-17-30(27)35(32)24-11-4-3-5-12-24/h3-22H,1-2H3. The Labute approximate surface area is 204 Å². The van der Waals surface area contributed by atoms with Crippen molar-refractivity contribution in [1.29, 1.82) is 0 Å². The molecule has 2 nitrogen and oxygen atoms in total. The number of hydrogen-bond acceptors (Lipinski definition) is 0. The minimum atomic E-state index is 0.399. The van der Waals surface area contributed by atoms with Crippen LogP contribution in [0.25, 0.3) is 60.4 Å². The van der Waals surface area contributed by atoms with Crippen LogP contribution in [-0.2, 0) is 0 Å². The highest BCUT2D eigenvalue weighted by Crippen LogP contribution is 2.40. The number of benzene rings is 5. The molecule has 0 unspecified atom stereocenters. The predicted molar refractivity (Wildman–Crippen MR) is 150 cm³/mol. The van der Waals surface area contributed by atoms with Gasteiger partial charge in [-0.05, 0) is 67.4 Å². The molecule has 2 aromatic heterocycles. The highest BCUT2D eigenvalue weighted by molar-refractivity contribution is 6.17. The average molecular weight is 451 g/mol. The lowest BCUT2D eigenvalue weighted by molar-refractivity contribution is 0.642. The third kappa shape index (κ3) is 2.90. The topological polar surface area (TPSA) is 9.86 Å². The zero-order valence-electron chi connectivity index (χ0n) is 19.9. The molecule has 168 valence electrons. The second-order valence-electron chi connectivity index (χ2n) is 9.60. The lowest BCUT2D eigenvalue weighted by atomic mass is 9.98. The van der Waals surface area contributed by atoms with Gasteiger partial charge in [0.25, 0.3) is 0 Å². The van der Waals surface area contributed by atoms with Gasteiger partial charge in [-0.2, -0.15) is 0 Å².